The van der Waals surface area contributed by atoms with E-state index in [1.165, 1.54) is 38.5 Å². The lowest BCUT2D eigenvalue weighted by molar-refractivity contribution is -0.123. The van der Waals surface area contributed by atoms with Crippen LogP contribution in [0.4, 0.5) is 0 Å². The molecule has 0 atom stereocenters. The van der Waals surface area contributed by atoms with Gasteiger partial charge in [-0.15, -0.1) is 0 Å². The van der Waals surface area contributed by atoms with Gasteiger partial charge >= 0.3 is 0 Å². The molecular formula is C17H30N2O2. The molecule has 0 heterocycles. The van der Waals surface area contributed by atoms with Gasteiger partial charge in [-0.2, -0.15) is 0 Å². The lowest BCUT2D eigenvalue weighted by Crippen LogP contribution is -2.37. The predicted octanol–water partition coefficient (Wildman–Crippen LogP) is 3.05. The highest BCUT2D eigenvalue weighted by Gasteiger charge is 2.17. The lowest BCUT2D eigenvalue weighted by atomic mass is 9.95. The molecule has 0 aromatic heterocycles. The highest BCUT2D eigenvalue weighted by molar-refractivity contribution is 5.79. The van der Waals surface area contributed by atoms with Gasteiger partial charge < -0.3 is 10.6 Å². The standard InChI is InChI=1S/C17H30N2O2/c20-16(18-14-8-3-1-4-9-14)12-7-13-17(21)19-15-10-5-2-6-11-15/h14-15H,1-13H2,(H,18,20)(H,19,21). The average Bonchev–Trinajstić information content (AvgIpc) is 2.49. The third-order valence-electron chi connectivity index (χ3n) is 4.75. The molecule has 2 aliphatic rings. The van der Waals surface area contributed by atoms with Crippen molar-refractivity contribution in [2.45, 2.75) is 95.6 Å². The first-order valence-corrected chi connectivity index (χ1v) is 8.83. The molecule has 120 valence electrons. The fraction of sp³-hybridized carbons (Fsp3) is 0.882. The van der Waals surface area contributed by atoms with Crippen molar-refractivity contribution >= 4 is 11.8 Å². The summed E-state index contributed by atoms with van der Waals surface area (Å²) in [5.41, 5.74) is 0. The van der Waals surface area contributed by atoms with Gasteiger partial charge in [0.15, 0.2) is 0 Å². The van der Waals surface area contributed by atoms with Crippen LogP contribution in [0.5, 0.6) is 0 Å². The maximum absolute atomic E-state index is 11.8. The zero-order chi connectivity index (χ0) is 14.9. The van der Waals surface area contributed by atoms with Gasteiger partial charge in [0, 0.05) is 24.9 Å². The minimum atomic E-state index is 0.118. The zero-order valence-corrected chi connectivity index (χ0v) is 13.2. The molecule has 0 radical (unpaired) electrons. The van der Waals surface area contributed by atoms with Crippen LogP contribution in [0, 0.1) is 0 Å². The van der Waals surface area contributed by atoms with E-state index in [-0.39, 0.29) is 11.8 Å². The van der Waals surface area contributed by atoms with Crippen LogP contribution in [0.3, 0.4) is 0 Å². The number of hydrogen-bond donors (Lipinski definition) is 2. The predicted molar refractivity (Wildman–Crippen MR) is 83.9 cm³/mol. The molecule has 0 spiro atoms. The Morgan fingerprint density at radius 3 is 1.43 bits per heavy atom. The van der Waals surface area contributed by atoms with E-state index < -0.39 is 0 Å². The fourth-order valence-electron chi connectivity index (χ4n) is 3.50. The number of nitrogens with one attached hydrogen (secondary N) is 2. The van der Waals surface area contributed by atoms with Gasteiger partial charge in [0.2, 0.25) is 11.8 Å². The summed E-state index contributed by atoms with van der Waals surface area (Å²) in [5, 5.41) is 6.21. The maximum Gasteiger partial charge on any atom is 0.220 e. The maximum atomic E-state index is 11.8. The quantitative estimate of drug-likeness (QED) is 0.791. The number of hydrogen-bond acceptors (Lipinski definition) is 2. The van der Waals surface area contributed by atoms with Gasteiger partial charge in [-0.05, 0) is 32.1 Å². The van der Waals surface area contributed by atoms with Crippen molar-refractivity contribution in [2.75, 3.05) is 0 Å². The van der Waals surface area contributed by atoms with Crippen molar-refractivity contribution in [1.82, 2.24) is 10.6 Å². The van der Waals surface area contributed by atoms with E-state index in [1.807, 2.05) is 0 Å². The van der Waals surface area contributed by atoms with Crippen molar-refractivity contribution in [2.24, 2.45) is 0 Å². The van der Waals surface area contributed by atoms with Gasteiger partial charge in [0.05, 0.1) is 0 Å². The molecule has 2 amide bonds. The Kier molecular flexibility index (Phi) is 7.04. The highest BCUT2D eigenvalue weighted by Crippen LogP contribution is 2.18. The molecule has 0 aromatic carbocycles. The summed E-state index contributed by atoms with van der Waals surface area (Å²) < 4.78 is 0. The van der Waals surface area contributed by atoms with Crippen LogP contribution in [0.25, 0.3) is 0 Å². The first-order valence-electron chi connectivity index (χ1n) is 8.83. The second-order valence-corrected chi connectivity index (χ2v) is 6.66. The number of carbonyl (C=O) groups is 2. The SMILES string of the molecule is O=C(CCCC(=O)NC1CCCCC1)NC1CCCCC1. The Morgan fingerprint density at radius 1 is 0.667 bits per heavy atom. The Bertz CT molecular complexity index is 300. The van der Waals surface area contributed by atoms with Gasteiger partial charge in [0.1, 0.15) is 0 Å². The summed E-state index contributed by atoms with van der Waals surface area (Å²) in [6.45, 7) is 0. The minimum Gasteiger partial charge on any atom is -0.353 e. The fourth-order valence-corrected chi connectivity index (χ4v) is 3.50. The van der Waals surface area contributed by atoms with Gasteiger partial charge in [0.25, 0.3) is 0 Å². The van der Waals surface area contributed by atoms with Gasteiger partial charge in [-0.1, -0.05) is 38.5 Å². The van der Waals surface area contributed by atoms with E-state index in [2.05, 4.69) is 10.6 Å². The molecule has 21 heavy (non-hydrogen) atoms. The molecule has 0 bridgehead atoms. The van der Waals surface area contributed by atoms with Crippen LogP contribution in [-0.2, 0) is 9.59 Å². The topological polar surface area (TPSA) is 58.2 Å². The Hall–Kier alpha value is -1.06. The van der Waals surface area contributed by atoms with Gasteiger partial charge in [-0.25, -0.2) is 0 Å². The van der Waals surface area contributed by atoms with Crippen molar-refractivity contribution in [3.05, 3.63) is 0 Å². The van der Waals surface area contributed by atoms with Crippen LogP contribution in [-0.4, -0.2) is 23.9 Å². The van der Waals surface area contributed by atoms with E-state index in [4.69, 9.17) is 0 Å². The van der Waals surface area contributed by atoms with E-state index >= 15 is 0 Å². The molecule has 0 unspecified atom stereocenters. The van der Waals surface area contributed by atoms with E-state index in [0.717, 1.165) is 25.7 Å². The van der Waals surface area contributed by atoms with E-state index in [9.17, 15) is 9.59 Å². The Balaban J connectivity index is 1.53. The largest absolute Gasteiger partial charge is 0.353 e. The molecule has 2 saturated carbocycles. The average molecular weight is 294 g/mol. The number of carbonyl (C=O) groups excluding carboxylic acids is 2. The van der Waals surface area contributed by atoms with Crippen LogP contribution in [0.1, 0.15) is 83.5 Å². The van der Waals surface area contributed by atoms with Gasteiger partial charge in [-0.3, -0.25) is 9.59 Å². The first kappa shape index (κ1) is 16.3. The Labute approximate surface area is 128 Å². The minimum absolute atomic E-state index is 0.118. The summed E-state index contributed by atoms with van der Waals surface area (Å²) >= 11 is 0. The molecule has 2 rings (SSSR count). The zero-order valence-electron chi connectivity index (χ0n) is 13.2. The smallest absolute Gasteiger partial charge is 0.220 e. The summed E-state index contributed by atoms with van der Waals surface area (Å²) in [5.74, 6) is 0.236. The molecule has 0 aromatic rings. The number of amides is 2. The first-order chi connectivity index (χ1) is 10.2. The highest BCUT2D eigenvalue weighted by atomic mass is 16.2. The summed E-state index contributed by atoms with van der Waals surface area (Å²) in [6, 6.07) is 0.754. The van der Waals surface area contributed by atoms with Crippen LogP contribution in [0.15, 0.2) is 0 Å². The molecule has 2 N–H and O–H groups in total. The molecule has 4 nitrogen and oxygen atoms in total. The van der Waals surface area contributed by atoms with E-state index in [1.54, 1.807) is 0 Å². The summed E-state index contributed by atoms with van der Waals surface area (Å²) in [7, 11) is 0. The molecule has 4 heteroatoms. The van der Waals surface area contributed by atoms with Crippen molar-refractivity contribution in [3.63, 3.8) is 0 Å². The summed E-state index contributed by atoms with van der Waals surface area (Å²) in [4.78, 5) is 23.7. The monoisotopic (exact) mass is 294 g/mol. The van der Waals surface area contributed by atoms with Crippen molar-refractivity contribution in [3.8, 4) is 0 Å². The van der Waals surface area contributed by atoms with Crippen molar-refractivity contribution in [1.29, 1.82) is 0 Å². The molecule has 2 fully saturated rings. The molecular weight excluding hydrogens is 264 g/mol. The molecule has 0 saturated heterocycles. The molecule has 2 aliphatic carbocycles. The third-order valence-corrected chi connectivity index (χ3v) is 4.75. The van der Waals surface area contributed by atoms with Crippen LogP contribution in [0.2, 0.25) is 0 Å². The normalized spacial score (nSPS) is 21.0. The molecule has 0 aliphatic heterocycles. The summed E-state index contributed by atoms with van der Waals surface area (Å²) in [6.07, 6.45) is 13.6. The second kappa shape index (κ2) is 9.06. The second-order valence-electron chi connectivity index (χ2n) is 6.66. The Morgan fingerprint density at radius 2 is 1.05 bits per heavy atom. The van der Waals surface area contributed by atoms with Crippen molar-refractivity contribution < 1.29 is 9.59 Å². The number of rotatable bonds is 6. The van der Waals surface area contributed by atoms with Crippen LogP contribution < -0.4 is 10.6 Å². The third kappa shape index (κ3) is 6.49. The van der Waals surface area contributed by atoms with E-state index in [0.29, 0.717) is 31.3 Å². The lowest BCUT2D eigenvalue weighted by Gasteiger charge is -2.23. The van der Waals surface area contributed by atoms with Crippen LogP contribution >= 0.6 is 0 Å².